The molecule has 7 aromatic carbocycles. The Labute approximate surface area is 352 Å². The van der Waals surface area contributed by atoms with Gasteiger partial charge in [0.25, 0.3) is 0 Å². The normalized spacial score (nSPS) is 12.3. The molecule has 1 aliphatic heterocycles. The minimum atomic E-state index is 1.10. The summed E-state index contributed by atoms with van der Waals surface area (Å²) < 4.78 is 0. The molecule has 0 unspecified atom stereocenters. The lowest BCUT2D eigenvalue weighted by Gasteiger charge is -2.28. The summed E-state index contributed by atoms with van der Waals surface area (Å²) in [5.41, 5.74) is 14.7. The van der Waals surface area contributed by atoms with Gasteiger partial charge in [0, 0.05) is 46.7 Å². The standard InChI is InChI=1S/C24H22N2.C18H15N.C12H12.C2H6/c1-19-10-9-11-20-18-23(25(2)21-12-5-3-6-13-21)16-17-24(20)26(19)22-14-7-4-8-15-22;1-3-7-15(8-4-1)16-11-13-18(14-12-16)19-17-9-5-2-6-10-17;1-3-7-11(8-4-1)12-9-5-2-6-10-12;1-2/h3-18H,1-2H3;1-14,19H;1-5,7-9H,6,10H2;1-2H3. The zero-order chi connectivity index (χ0) is 41.1. The highest BCUT2D eigenvalue weighted by Crippen LogP contribution is 2.38. The van der Waals surface area contributed by atoms with E-state index in [9.17, 15) is 0 Å². The van der Waals surface area contributed by atoms with Crippen LogP contribution in [0.15, 0.2) is 230 Å². The summed E-state index contributed by atoms with van der Waals surface area (Å²) in [4.78, 5) is 4.52. The molecule has 0 radical (unpaired) electrons. The van der Waals surface area contributed by atoms with Crippen LogP contribution in [0.25, 0.3) is 22.8 Å². The Balaban J connectivity index is 0.000000155. The van der Waals surface area contributed by atoms with Crippen molar-refractivity contribution in [3.63, 3.8) is 0 Å². The summed E-state index contributed by atoms with van der Waals surface area (Å²) in [5.74, 6) is 0. The van der Waals surface area contributed by atoms with Crippen LogP contribution in [0.1, 0.15) is 44.7 Å². The van der Waals surface area contributed by atoms with E-state index in [1.807, 2.05) is 44.2 Å². The molecule has 0 aromatic heterocycles. The lowest BCUT2D eigenvalue weighted by molar-refractivity contribution is 1.05. The van der Waals surface area contributed by atoms with Crippen LogP contribution in [0.2, 0.25) is 0 Å². The van der Waals surface area contributed by atoms with Crippen LogP contribution in [-0.4, -0.2) is 7.05 Å². The van der Waals surface area contributed by atoms with Gasteiger partial charge in [-0.25, -0.2) is 0 Å². The van der Waals surface area contributed by atoms with E-state index in [0.717, 1.165) is 11.4 Å². The predicted octanol–water partition coefficient (Wildman–Crippen LogP) is 16.1. The van der Waals surface area contributed by atoms with Gasteiger partial charge in [0.1, 0.15) is 0 Å². The van der Waals surface area contributed by atoms with Crippen LogP contribution >= 0.6 is 0 Å². The van der Waals surface area contributed by atoms with Gasteiger partial charge in [0.15, 0.2) is 0 Å². The average Bonchev–Trinajstić information content (AvgIpc) is 3.49. The summed E-state index contributed by atoms with van der Waals surface area (Å²) in [7, 11) is 2.11. The van der Waals surface area contributed by atoms with Crippen LogP contribution in [-0.2, 0) is 0 Å². The first-order valence-electron chi connectivity index (χ1n) is 20.6. The number of allylic oxidation sites excluding steroid dienone is 7. The van der Waals surface area contributed by atoms with Gasteiger partial charge in [-0.2, -0.15) is 0 Å². The van der Waals surface area contributed by atoms with E-state index < -0.39 is 0 Å². The first-order chi connectivity index (χ1) is 29.1. The Kier molecular flexibility index (Phi) is 15.5. The van der Waals surface area contributed by atoms with E-state index in [-0.39, 0.29) is 0 Å². The number of benzene rings is 7. The molecule has 59 heavy (non-hydrogen) atoms. The van der Waals surface area contributed by atoms with E-state index in [4.69, 9.17) is 0 Å². The number of rotatable bonds is 7. The smallest absolute Gasteiger partial charge is 0.0532 e. The quantitative estimate of drug-likeness (QED) is 0.174. The number of hydrogen-bond donors (Lipinski definition) is 1. The molecule has 1 aliphatic carbocycles. The summed E-state index contributed by atoms with van der Waals surface area (Å²) in [6, 6.07) is 67.3. The number of nitrogens with zero attached hydrogens (tertiary/aromatic N) is 2. The number of anilines is 6. The van der Waals surface area contributed by atoms with Crippen LogP contribution in [0, 0.1) is 0 Å². The summed E-state index contributed by atoms with van der Waals surface area (Å²) in [5, 5.41) is 3.38. The van der Waals surface area contributed by atoms with E-state index >= 15 is 0 Å². The lowest BCUT2D eigenvalue weighted by Crippen LogP contribution is -2.15. The number of para-hydroxylation sites is 3. The van der Waals surface area contributed by atoms with Crippen molar-refractivity contribution in [1.82, 2.24) is 0 Å². The Morgan fingerprint density at radius 2 is 1.05 bits per heavy atom. The van der Waals surface area contributed by atoms with Gasteiger partial charge < -0.3 is 15.1 Å². The molecule has 1 heterocycles. The first-order valence-corrected chi connectivity index (χ1v) is 20.6. The molecular formula is C56H55N3. The van der Waals surface area contributed by atoms with Gasteiger partial charge >= 0.3 is 0 Å². The fraction of sp³-hybridized carbons (Fsp3) is 0.107. The molecule has 2 aliphatic rings. The van der Waals surface area contributed by atoms with Crippen molar-refractivity contribution < 1.29 is 0 Å². The van der Waals surface area contributed by atoms with E-state index in [1.54, 1.807) is 0 Å². The van der Waals surface area contributed by atoms with Crippen molar-refractivity contribution >= 4 is 45.8 Å². The second kappa shape index (κ2) is 22.0. The molecule has 7 aromatic rings. The minimum Gasteiger partial charge on any atom is -0.356 e. The van der Waals surface area contributed by atoms with Gasteiger partial charge in [0.2, 0.25) is 0 Å². The predicted molar refractivity (Wildman–Crippen MR) is 258 cm³/mol. The Bertz CT molecular complexity index is 2420. The molecule has 0 amide bonds. The number of hydrogen-bond acceptors (Lipinski definition) is 3. The molecule has 0 spiro atoms. The highest BCUT2D eigenvalue weighted by atomic mass is 15.2. The third-order valence-electron chi connectivity index (χ3n) is 9.98. The molecule has 0 bridgehead atoms. The Hall–Kier alpha value is -7.10. The molecule has 9 rings (SSSR count). The van der Waals surface area contributed by atoms with Crippen molar-refractivity contribution in [3.8, 4) is 11.1 Å². The molecule has 0 fully saturated rings. The molecule has 294 valence electrons. The monoisotopic (exact) mass is 769 g/mol. The molecule has 0 atom stereocenters. The molecule has 0 saturated heterocycles. The second-order valence-electron chi connectivity index (χ2n) is 13.9. The van der Waals surface area contributed by atoms with Gasteiger partial charge in [-0.1, -0.05) is 172 Å². The topological polar surface area (TPSA) is 18.5 Å². The zero-order valence-electron chi connectivity index (χ0n) is 34.7. The van der Waals surface area contributed by atoms with Crippen molar-refractivity contribution in [2.75, 3.05) is 22.2 Å². The fourth-order valence-electron chi connectivity index (χ4n) is 6.92. The SMILES string of the molecule is C1=CCCC(c2ccccc2)=C1.CC.CC1=CC=Cc2cc(N(C)c3ccccc3)ccc2N1c1ccccc1.c1ccc(Nc2ccc(-c3ccccc3)cc2)cc1. The zero-order valence-corrected chi connectivity index (χ0v) is 34.7. The Morgan fingerprint density at radius 1 is 0.508 bits per heavy atom. The van der Waals surface area contributed by atoms with Crippen molar-refractivity contribution in [2.24, 2.45) is 0 Å². The number of fused-ring (bicyclic) bond motifs is 1. The van der Waals surface area contributed by atoms with Crippen molar-refractivity contribution in [3.05, 3.63) is 241 Å². The first kappa shape index (κ1) is 41.5. The van der Waals surface area contributed by atoms with Gasteiger partial charge in [-0.05, 0) is 115 Å². The summed E-state index contributed by atoms with van der Waals surface area (Å²) >= 11 is 0. The number of nitrogens with one attached hydrogen (secondary N) is 1. The highest BCUT2D eigenvalue weighted by molar-refractivity contribution is 5.82. The molecule has 1 N–H and O–H groups in total. The van der Waals surface area contributed by atoms with E-state index in [2.05, 4.69) is 229 Å². The van der Waals surface area contributed by atoms with E-state index in [1.165, 1.54) is 69.1 Å². The molecule has 3 nitrogen and oxygen atoms in total. The molecular weight excluding hydrogens is 715 g/mol. The van der Waals surface area contributed by atoms with Gasteiger partial charge in [-0.3, -0.25) is 0 Å². The Morgan fingerprint density at radius 3 is 1.66 bits per heavy atom. The van der Waals surface area contributed by atoms with Crippen LogP contribution < -0.4 is 15.1 Å². The van der Waals surface area contributed by atoms with Crippen LogP contribution in [0.4, 0.5) is 34.1 Å². The largest absolute Gasteiger partial charge is 0.356 e. The minimum absolute atomic E-state index is 1.10. The van der Waals surface area contributed by atoms with Crippen molar-refractivity contribution in [1.29, 1.82) is 0 Å². The third-order valence-corrected chi connectivity index (χ3v) is 9.98. The summed E-state index contributed by atoms with van der Waals surface area (Å²) in [6.45, 7) is 6.15. The van der Waals surface area contributed by atoms with Gasteiger partial charge in [-0.15, -0.1) is 0 Å². The van der Waals surface area contributed by atoms with E-state index in [0.29, 0.717) is 0 Å². The molecule has 3 heteroatoms. The van der Waals surface area contributed by atoms with Crippen LogP contribution in [0.5, 0.6) is 0 Å². The highest BCUT2D eigenvalue weighted by Gasteiger charge is 2.17. The average molecular weight is 770 g/mol. The maximum Gasteiger partial charge on any atom is 0.0532 e. The fourth-order valence-corrected chi connectivity index (χ4v) is 6.92. The maximum absolute atomic E-state index is 3.38. The van der Waals surface area contributed by atoms with Crippen LogP contribution in [0.3, 0.4) is 0 Å². The lowest BCUT2D eigenvalue weighted by atomic mass is 9.98. The summed E-state index contributed by atoms with van der Waals surface area (Å²) in [6.07, 6.45) is 15.4. The maximum atomic E-state index is 3.38. The molecule has 0 saturated carbocycles. The third kappa shape index (κ3) is 11.7. The van der Waals surface area contributed by atoms with Crippen molar-refractivity contribution in [2.45, 2.75) is 33.6 Å². The second-order valence-corrected chi connectivity index (χ2v) is 13.9. The van der Waals surface area contributed by atoms with Gasteiger partial charge in [0.05, 0.1) is 5.69 Å².